The Balaban J connectivity index is 0.000000133. The molecule has 0 atom stereocenters. The quantitative estimate of drug-likeness (QED) is 0.142. The summed E-state index contributed by atoms with van der Waals surface area (Å²) in [6, 6.07) is 149. The van der Waals surface area contributed by atoms with E-state index in [1.807, 2.05) is 24.3 Å². The van der Waals surface area contributed by atoms with Gasteiger partial charge in [0.2, 0.25) is 0 Å². The van der Waals surface area contributed by atoms with E-state index in [1.54, 1.807) is 0 Å². The molecule has 4 heteroatoms. The van der Waals surface area contributed by atoms with E-state index >= 15 is 0 Å². The number of benzene rings is 22. The van der Waals surface area contributed by atoms with Crippen LogP contribution in [0.3, 0.4) is 0 Å². The van der Waals surface area contributed by atoms with Gasteiger partial charge in [0.05, 0.1) is 0 Å². The van der Waals surface area contributed by atoms with Crippen molar-refractivity contribution in [3.8, 4) is 89.0 Å². The maximum atomic E-state index is 6.94. The number of hydrogen-bond acceptors (Lipinski definition) is 4. The van der Waals surface area contributed by atoms with Gasteiger partial charge in [0.15, 0.2) is 0 Å². The van der Waals surface area contributed by atoms with Gasteiger partial charge < -0.3 is 17.7 Å². The average Bonchev–Trinajstić information content (AvgIpc) is 1.25. The number of furan rings is 4. The second-order valence-electron chi connectivity index (χ2n) is 31.7. The van der Waals surface area contributed by atoms with Gasteiger partial charge in [0.25, 0.3) is 0 Å². The smallest absolute Gasteiger partial charge is 0.143 e. The molecule has 22 aromatic carbocycles. The van der Waals surface area contributed by atoms with E-state index in [-0.39, 0.29) is 0 Å². The zero-order valence-electron chi connectivity index (χ0n) is 64.9. The van der Waals surface area contributed by atoms with Crippen molar-refractivity contribution in [1.29, 1.82) is 0 Å². The highest BCUT2D eigenvalue weighted by Crippen LogP contribution is 2.53. The van der Waals surface area contributed by atoms with Gasteiger partial charge in [-0.1, -0.05) is 352 Å². The standard InChI is InChI=1S/2C58H34O2/c1-2-15-35(16-3-1)54-44-22-8-10-24-46(44)57(47-25-11-9-23-45(47)54)49-27-14-26-48-50-33-36(30-32-52(50)60-58(48)49)55-40-18-4-6-20-42(40)56(43-21-7-5-19-41(43)55)37-29-31-39-38-17-12-13-28-51(38)59-53(39)34-37;1-2-15-35(16-3-1)54-43-22-8-10-24-45(43)57(46-25-11-9-23-44(46)54)48-27-14-26-47-50-34-37(30-32-53(50)60-58(47)48)56-41-20-6-4-18-39(41)55(40-19-5-7-21-42(40)56)36-29-31-52-49(33-36)38-17-12-13-28-51(38)59-52/h2*1-34H. The predicted molar refractivity (Wildman–Crippen MR) is 506 cm³/mol. The maximum Gasteiger partial charge on any atom is 0.143 e. The van der Waals surface area contributed by atoms with Crippen LogP contribution in [0.15, 0.2) is 430 Å². The normalized spacial score (nSPS) is 12.0. The maximum absolute atomic E-state index is 6.94. The topological polar surface area (TPSA) is 52.6 Å². The van der Waals surface area contributed by atoms with E-state index in [0.717, 1.165) is 116 Å². The molecule has 0 aliphatic carbocycles. The summed E-state index contributed by atoms with van der Waals surface area (Å²) in [5.74, 6) is 0. The van der Waals surface area contributed by atoms with Gasteiger partial charge in [0, 0.05) is 65.3 Å². The van der Waals surface area contributed by atoms with Crippen molar-refractivity contribution in [3.05, 3.63) is 413 Å². The van der Waals surface area contributed by atoms with Gasteiger partial charge >= 0.3 is 0 Å². The molecule has 0 radical (unpaired) electrons. The van der Waals surface area contributed by atoms with Gasteiger partial charge in [-0.2, -0.15) is 0 Å². The molecule has 0 spiro atoms. The zero-order chi connectivity index (χ0) is 78.6. The van der Waals surface area contributed by atoms with Gasteiger partial charge in [-0.25, -0.2) is 0 Å². The van der Waals surface area contributed by atoms with Crippen LogP contribution >= 0.6 is 0 Å². The van der Waals surface area contributed by atoms with Crippen LogP contribution in [0.5, 0.6) is 0 Å². The van der Waals surface area contributed by atoms with Crippen molar-refractivity contribution in [2.24, 2.45) is 0 Å². The molecule has 4 aromatic heterocycles. The molecule has 120 heavy (non-hydrogen) atoms. The first-order valence-electron chi connectivity index (χ1n) is 41.2. The first-order chi connectivity index (χ1) is 59.6. The van der Waals surface area contributed by atoms with Crippen LogP contribution in [0.1, 0.15) is 0 Å². The molecule has 4 heterocycles. The Morgan fingerprint density at radius 3 is 0.658 bits per heavy atom. The Bertz CT molecular complexity index is 8560. The third-order valence-corrected chi connectivity index (χ3v) is 25.3. The van der Waals surface area contributed by atoms with Crippen molar-refractivity contribution in [3.63, 3.8) is 0 Å². The summed E-state index contributed by atoms with van der Waals surface area (Å²) in [5, 5.41) is 28.4. The second kappa shape index (κ2) is 26.9. The number of para-hydroxylation sites is 4. The second-order valence-corrected chi connectivity index (χ2v) is 31.7. The van der Waals surface area contributed by atoms with Crippen molar-refractivity contribution in [2.45, 2.75) is 0 Å². The van der Waals surface area contributed by atoms with Gasteiger partial charge in [-0.15, -0.1) is 0 Å². The van der Waals surface area contributed by atoms with Gasteiger partial charge in [0.1, 0.15) is 44.7 Å². The van der Waals surface area contributed by atoms with E-state index in [1.165, 1.54) is 147 Å². The molecule has 0 aliphatic rings. The highest BCUT2D eigenvalue weighted by atomic mass is 16.3. The van der Waals surface area contributed by atoms with Crippen LogP contribution in [0, 0.1) is 0 Å². The summed E-state index contributed by atoms with van der Waals surface area (Å²) in [7, 11) is 0. The van der Waals surface area contributed by atoms with Crippen molar-refractivity contribution in [1.82, 2.24) is 0 Å². The molecule has 0 unspecified atom stereocenters. The molecule has 0 saturated carbocycles. The van der Waals surface area contributed by atoms with E-state index in [2.05, 4.69) is 388 Å². The Kier molecular flexibility index (Phi) is 15.1. The summed E-state index contributed by atoms with van der Waals surface area (Å²) in [6.07, 6.45) is 0. The lowest BCUT2D eigenvalue weighted by Crippen LogP contribution is -1.91. The Labute approximate surface area is 688 Å². The molecule has 0 amide bonds. The Morgan fingerprint density at radius 1 is 0.108 bits per heavy atom. The Hall–Kier alpha value is -15.9. The number of rotatable bonds is 8. The predicted octanol–water partition coefficient (Wildman–Crippen LogP) is 33.5. The number of hydrogen-bond donors (Lipinski definition) is 0. The first-order valence-corrected chi connectivity index (χ1v) is 41.2. The lowest BCUT2D eigenvalue weighted by Gasteiger charge is -2.18. The van der Waals surface area contributed by atoms with E-state index in [4.69, 9.17) is 17.7 Å². The Morgan fingerprint density at radius 2 is 0.325 bits per heavy atom. The fraction of sp³-hybridized carbons (Fsp3) is 0. The highest BCUT2D eigenvalue weighted by Gasteiger charge is 2.27. The fourth-order valence-electron chi connectivity index (χ4n) is 20.2. The SMILES string of the molecule is c1ccc(-c2c3ccccc3c(-c3cccc4c3oc3ccc(-c5c6ccccc6c(-c6ccc7c(c6)oc6ccccc67)c6ccccc56)cc34)c3ccccc23)cc1.c1ccc(-c2c3ccccc3c(-c3cccc4c3oc3ccc(-c5c6ccccc6c(-c6ccc7oc8ccccc8c7c6)c6ccccc56)cc34)c3ccccc23)cc1. The molecule has 0 fully saturated rings. The molecule has 0 saturated heterocycles. The molecular weight excluding hydrogens is 1460 g/mol. The van der Waals surface area contributed by atoms with E-state index < -0.39 is 0 Å². The van der Waals surface area contributed by atoms with Gasteiger partial charge in [-0.05, 0) is 214 Å². The lowest BCUT2D eigenvalue weighted by atomic mass is 9.85. The van der Waals surface area contributed by atoms with Crippen molar-refractivity contribution >= 4 is 174 Å². The summed E-state index contributed by atoms with van der Waals surface area (Å²) in [4.78, 5) is 0. The van der Waals surface area contributed by atoms with E-state index in [9.17, 15) is 0 Å². The molecule has 0 aliphatic heterocycles. The summed E-state index contributed by atoms with van der Waals surface area (Å²) < 4.78 is 26.5. The van der Waals surface area contributed by atoms with Crippen LogP contribution in [-0.2, 0) is 0 Å². The summed E-state index contributed by atoms with van der Waals surface area (Å²) in [5.41, 5.74) is 26.2. The van der Waals surface area contributed by atoms with Crippen LogP contribution in [0.2, 0.25) is 0 Å². The van der Waals surface area contributed by atoms with Crippen LogP contribution in [-0.4, -0.2) is 0 Å². The van der Waals surface area contributed by atoms with E-state index in [0.29, 0.717) is 0 Å². The third kappa shape index (κ3) is 10.3. The molecular formula is C116H68O4. The highest BCUT2D eigenvalue weighted by molar-refractivity contribution is 6.29. The van der Waals surface area contributed by atoms with Crippen LogP contribution < -0.4 is 0 Å². The molecule has 26 aromatic rings. The van der Waals surface area contributed by atoms with Crippen LogP contribution in [0.25, 0.3) is 263 Å². The fourth-order valence-corrected chi connectivity index (χ4v) is 20.2. The minimum absolute atomic E-state index is 0.875. The number of fused-ring (bicyclic) bond motifs is 20. The van der Waals surface area contributed by atoms with Crippen LogP contribution in [0.4, 0.5) is 0 Å². The molecule has 26 rings (SSSR count). The minimum atomic E-state index is 0.875. The monoisotopic (exact) mass is 1520 g/mol. The minimum Gasteiger partial charge on any atom is -0.456 e. The van der Waals surface area contributed by atoms with Gasteiger partial charge in [-0.3, -0.25) is 0 Å². The molecule has 0 N–H and O–H groups in total. The largest absolute Gasteiger partial charge is 0.456 e. The third-order valence-electron chi connectivity index (χ3n) is 25.3. The molecule has 556 valence electrons. The molecule has 4 nitrogen and oxygen atoms in total. The first kappa shape index (κ1) is 67.5. The lowest BCUT2D eigenvalue weighted by molar-refractivity contribution is 0.668. The van der Waals surface area contributed by atoms with Crippen molar-refractivity contribution in [2.75, 3.05) is 0 Å². The zero-order valence-corrected chi connectivity index (χ0v) is 64.9. The molecule has 0 bridgehead atoms. The summed E-state index contributed by atoms with van der Waals surface area (Å²) in [6.45, 7) is 0. The van der Waals surface area contributed by atoms with Crippen molar-refractivity contribution < 1.29 is 17.7 Å². The summed E-state index contributed by atoms with van der Waals surface area (Å²) >= 11 is 0. The average molecular weight is 1530 g/mol.